The Kier molecular flexibility index (Phi) is 22.5. The summed E-state index contributed by atoms with van der Waals surface area (Å²) < 4.78 is 10.8. The second-order valence-corrected chi connectivity index (χ2v) is 9.25. The molecule has 1 fully saturated rings. The second kappa shape index (κ2) is 23.9. The minimum absolute atomic E-state index is 0.297. The van der Waals surface area contributed by atoms with E-state index in [2.05, 4.69) is 29.0 Å². The molecule has 2 rings (SSSR count). The molecular weight excluding hydrogens is 508 g/mol. The van der Waals surface area contributed by atoms with Gasteiger partial charge in [-0.25, -0.2) is 0 Å². The van der Waals surface area contributed by atoms with Crippen molar-refractivity contribution < 1.29 is 24.2 Å². The molecule has 1 saturated heterocycles. The third-order valence-corrected chi connectivity index (χ3v) is 5.85. The Morgan fingerprint density at radius 2 is 2.08 bits per heavy atom. The maximum Gasteiger partial charge on any atom is 0.303 e. The fraction of sp³-hybridized carbons (Fsp3) is 0.643. The van der Waals surface area contributed by atoms with Crippen molar-refractivity contribution >= 4 is 29.5 Å². The highest BCUT2D eigenvalue weighted by Gasteiger charge is 2.19. The molecule has 10 heteroatoms. The van der Waals surface area contributed by atoms with Gasteiger partial charge in [0.15, 0.2) is 6.29 Å². The summed E-state index contributed by atoms with van der Waals surface area (Å²) in [4.78, 5) is 23.3. The Labute approximate surface area is 234 Å². The summed E-state index contributed by atoms with van der Waals surface area (Å²) in [5, 5.41) is 15.3. The van der Waals surface area contributed by atoms with Crippen LogP contribution in [0.1, 0.15) is 62.7 Å². The Morgan fingerprint density at radius 1 is 1.32 bits per heavy atom. The van der Waals surface area contributed by atoms with E-state index < -0.39 is 5.97 Å². The first-order chi connectivity index (χ1) is 18.3. The number of nitrogen functional groups attached to an aromatic ring is 1. The number of ether oxygens (including phenoxy) is 2. The van der Waals surface area contributed by atoms with Crippen molar-refractivity contribution in [2.45, 2.75) is 58.5 Å². The first-order valence-corrected chi connectivity index (χ1v) is 13.9. The Hall–Kier alpha value is -2.17. The summed E-state index contributed by atoms with van der Waals surface area (Å²) in [5.74, 6) is -0.218. The average Bonchev–Trinajstić information content (AvgIpc) is 2.90. The van der Waals surface area contributed by atoms with E-state index in [1.807, 2.05) is 20.0 Å². The van der Waals surface area contributed by atoms with E-state index in [0.717, 1.165) is 71.6 Å². The predicted octanol–water partition coefficient (Wildman–Crippen LogP) is 4.25. The lowest BCUT2D eigenvalue weighted by molar-refractivity contribution is -0.137. The van der Waals surface area contributed by atoms with Crippen molar-refractivity contribution in [2.24, 2.45) is 0 Å². The van der Waals surface area contributed by atoms with Crippen molar-refractivity contribution in [1.82, 2.24) is 15.5 Å². The van der Waals surface area contributed by atoms with Crippen molar-refractivity contribution in [3.8, 4) is 5.75 Å². The van der Waals surface area contributed by atoms with Gasteiger partial charge in [-0.1, -0.05) is 31.0 Å². The monoisotopic (exact) mass is 556 g/mol. The molecule has 0 spiro atoms. The average molecular weight is 557 g/mol. The molecule has 1 unspecified atom stereocenters. The third kappa shape index (κ3) is 18.1. The molecule has 0 bridgehead atoms. The number of aldehydes is 1. The zero-order valence-electron chi connectivity index (χ0n) is 23.5. The van der Waals surface area contributed by atoms with Crippen molar-refractivity contribution in [1.29, 1.82) is 0 Å². The number of likely N-dealkylation sites (N-methyl/N-ethyl adjacent to an activating group) is 1. The number of carbonyl (C=O) groups excluding carboxylic acids is 1. The molecule has 0 amide bonds. The van der Waals surface area contributed by atoms with Gasteiger partial charge in [0.05, 0.1) is 35.6 Å². The van der Waals surface area contributed by atoms with Crippen LogP contribution < -0.4 is 21.1 Å². The summed E-state index contributed by atoms with van der Waals surface area (Å²) in [5.41, 5.74) is 6.38. The zero-order valence-corrected chi connectivity index (χ0v) is 24.2. The highest BCUT2D eigenvalue weighted by atomic mass is 35.5. The molecule has 1 aromatic carbocycles. The van der Waals surface area contributed by atoms with E-state index >= 15 is 0 Å². The highest BCUT2D eigenvalue weighted by molar-refractivity contribution is 6.33. The normalized spacial score (nSPS) is 14.9. The highest BCUT2D eigenvalue weighted by Crippen LogP contribution is 2.27. The number of unbranched alkanes of at least 4 members (excludes halogenated alkanes) is 2. The topological polar surface area (TPSA) is 126 Å². The number of nitrogens with zero attached hydrogens (tertiary/aromatic N) is 1. The Morgan fingerprint density at radius 3 is 2.68 bits per heavy atom. The smallest absolute Gasteiger partial charge is 0.303 e. The van der Waals surface area contributed by atoms with Crippen LogP contribution in [0.15, 0.2) is 24.8 Å². The molecule has 5 N–H and O–H groups in total. The van der Waals surface area contributed by atoms with Crippen LogP contribution in [0, 0.1) is 0 Å². The van der Waals surface area contributed by atoms with Gasteiger partial charge < -0.3 is 30.9 Å². The lowest BCUT2D eigenvalue weighted by atomic mass is 10.1. The molecule has 1 atom stereocenters. The minimum atomic E-state index is -0.689. The standard InChI is InChI=1S/C12H24N2O3.C9H10ClNO2.C7H15N/c1-13-9-11-10-14(7-8-17-11)6-4-2-3-5-12(15)16;1-2-13-9-4-8(11)7(10)3-6(9)5-12;1-3-5-7-8-6-4-2/h11,13H,2-10H2,1H3,(H,15,16);3-5H,2,11H2,1H3;3,8H,1,4-7H2,2H3. The van der Waals surface area contributed by atoms with Gasteiger partial charge in [-0.3, -0.25) is 14.5 Å². The number of halogens is 1. The summed E-state index contributed by atoms with van der Waals surface area (Å²) in [6, 6.07) is 3.05. The maximum atomic E-state index is 10.6. The SMILES string of the molecule is C=CCCNCCC.CCOc1cc(N)c(Cl)cc1C=O.CNCC1CN(CCCCCC(=O)O)CCO1. The van der Waals surface area contributed by atoms with Crippen LogP contribution in [0.25, 0.3) is 0 Å². The van der Waals surface area contributed by atoms with Crippen LogP contribution in [0.3, 0.4) is 0 Å². The van der Waals surface area contributed by atoms with Crippen molar-refractivity contribution in [3.63, 3.8) is 0 Å². The van der Waals surface area contributed by atoms with Gasteiger partial charge >= 0.3 is 5.97 Å². The molecule has 1 aromatic rings. The third-order valence-electron chi connectivity index (χ3n) is 5.53. The summed E-state index contributed by atoms with van der Waals surface area (Å²) >= 11 is 5.73. The minimum Gasteiger partial charge on any atom is -0.493 e. The van der Waals surface area contributed by atoms with E-state index in [9.17, 15) is 9.59 Å². The lowest BCUT2D eigenvalue weighted by Crippen LogP contribution is -2.46. The maximum absolute atomic E-state index is 10.6. The van der Waals surface area contributed by atoms with E-state index in [4.69, 9.17) is 31.9 Å². The molecule has 0 aliphatic carbocycles. The number of carboxylic acids is 1. The van der Waals surface area contributed by atoms with Crippen LogP contribution >= 0.6 is 11.6 Å². The fourth-order valence-electron chi connectivity index (χ4n) is 3.59. The lowest BCUT2D eigenvalue weighted by Gasteiger charge is -2.32. The van der Waals surface area contributed by atoms with Crippen LogP contribution in [0.5, 0.6) is 5.75 Å². The quantitative estimate of drug-likeness (QED) is 0.102. The van der Waals surface area contributed by atoms with Gasteiger partial charge in [-0.2, -0.15) is 0 Å². The number of morpholine rings is 1. The number of benzene rings is 1. The van der Waals surface area contributed by atoms with Gasteiger partial charge in [-0.15, -0.1) is 6.58 Å². The van der Waals surface area contributed by atoms with E-state index in [1.165, 1.54) is 12.5 Å². The first kappa shape index (κ1) is 35.8. The Bertz CT molecular complexity index is 780. The van der Waals surface area contributed by atoms with Gasteiger partial charge in [-0.05, 0) is 65.4 Å². The number of carbonyl (C=O) groups is 2. The number of nitrogens with one attached hydrogen (secondary N) is 2. The predicted molar refractivity (Wildman–Crippen MR) is 157 cm³/mol. The number of hydrogen-bond donors (Lipinski definition) is 4. The second-order valence-electron chi connectivity index (χ2n) is 8.85. The molecule has 1 heterocycles. The van der Waals surface area contributed by atoms with Crippen LogP contribution in [0.4, 0.5) is 5.69 Å². The zero-order chi connectivity index (χ0) is 28.6. The summed E-state index contributed by atoms with van der Waals surface area (Å²) in [6.07, 6.45) is 8.40. The molecule has 1 aliphatic rings. The number of carboxylic acid groups (broad SMARTS) is 1. The molecule has 0 saturated carbocycles. The molecule has 1 aliphatic heterocycles. The van der Waals surface area contributed by atoms with Crippen LogP contribution in [0.2, 0.25) is 5.02 Å². The summed E-state index contributed by atoms with van der Waals surface area (Å²) in [7, 11) is 1.94. The van der Waals surface area contributed by atoms with Gasteiger partial charge in [0.2, 0.25) is 0 Å². The van der Waals surface area contributed by atoms with E-state index in [0.29, 0.717) is 47.4 Å². The molecule has 9 nitrogen and oxygen atoms in total. The van der Waals surface area contributed by atoms with Crippen LogP contribution in [-0.2, 0) is 9.53 Å². The number of aliphatic carboxylic acids is 1. The Balaban J connectivity index is 0.000000578. The number of nitrogens with two attached hydrogens (primary N) is 1. The molecule has 0 radical (unpaired) electrons. The van der Waals surface area contributed by atoms with Gasteiger partial charge in [0, 0.05) is 32.1 Å². The molecular formula is C28H49ClN4O5. The largest absolute Gasteiger partial charge is 0.493 e. The number of anilines is 1. The molecule has 218 valence electrons. The van der Waals surface area contributed by atoms with Crippen LogP contribution in [-0.4, -0.2) is 87.9 Å². The summed E-state index contributed by atoms with van der Waals surface area (Å²) in [6.45, 7) is 15.1. The molecule has 38 heavy (non-hydrogen) atoms. The fourth-order valence-corrected chi connectivity index (χ4v) is 3.76. The van der Waals surface area contributed by atoms with Gasteiger partial charge in [0.1, 0.15) is 5.75 Å². The first-order valence-electron chi connectivity index (χ1n) is 13.5. The van der Waals surface area contributed by atoms with E-state index in [-0.39, 0.29) is 0 Å². The molecule has 0 aromatic heterocycles. The van der Waals surface area contributed by atoms with E-state index in [1.54, 1.807) is 6.07 Å². The number of rotatable bonds is 16. The van der Waals surface area contributed by atoms with Gasteiger partial charge in [0.25, 0.3) is 0 Å². The number of hydrogen-bond acceptors (Lipinski definition) is 8. The van der Waals surface area contributed by atoms with Crippen molar-refractivity contribution in [2.75, 3.05) is 65.3 Å². The van der Waals surface area contributed by atoms with Crippen molar-refractivity contribution in [3.05, 3.63) is 35.4 Å².